The lowest BCUT2D eigenvalue weighted by atomic mass is 10.1. The molecule has 0 aliphatic heterocycles. The summed E-state index contributed by atoms with van der Waals surface area (Å²) in [5.41, 5.74) is 1.45. The van der Waals surface area contributed by atoms with Crippen molar-refractivity contribution in [2.24, 2.45) is 5.92 Å². The van der Waals surface area contributed by atoms with Gasteiger partial charge in [-0.3, -0.25) is 0 Å². The number of aromatic nitrogens is 1. The molecule has 1 saturated carbocycles. The largest absolute Gasteiger partial charge is 0.349 e. The predicted octanol–water partition coefficient (Wildman–Crippen LogP) is 3.66. The van der Waals surface area contributed by atoms with Crippen LogP contribution in [0.2, 0.25) is 0 Å². The average Bonchev–Trinajstić information content (AvgIpc) is 2.88. The summed E-state index contributed by atoms with van der Waals surface area (Å²) in [5, 5.41) is 5.77. The van der Waals surface area contributed by atoms with E-state index in [1.54, 1.807) is 0 Å². The molecule has 1 aliphatic rings. The summed E-state index contributed by atoms with van der Waals surface area (Å²) in [5.74, 6) is 0.863. The second-order valence-electron chi connectivity index (χ2n) is 5.07. The Morgan fingerprint density at radius 3 is 3.00 bits per heavy atom. The number of hydrogen-bond acceptors (Lipinski definition) is 2. The molecule has 0 amide bonds. The second-order valence-corrected chi connectivity index (χ2v) is 6.10. The van der Waals surface area contributed by atoms with Crippen molar-refractivity contribution in [2.45, 2.75) is 32.4 Å². The zero-order valence-corrected chi connectivity index (χ0v) is 11.6. The molecule has 2 heterocycles. The summed E-state index contributed by atoms with van der Waals surface area (Å²) < 4.78 is 2.30. The van der Waals surface area contributed by atoms with Crippen molar-refractivity contribution >= 4 is 11.3 Å². The minimum absolute atomic E-state index is 0.569. The van der Waals surface area contributed by atoms with Crippen LogP contribution in [0.1, 0.15) is 36.2 Å². The van der Waals surface area contributed by atoms with Crippen LogP contribution >= 0.6 is 11.3 Å². The molecule has 0 spiro atoms. The maximum Gasteiger partial charge on any atom is 0.0563 e. The highest BCUT2D eigenvalue weighted by Gasteiger charge is 2.31. The SMILES string of the molecule is CCNC(c1ccn(Cc2cccs2)c1)C1CC1. The van der Waals surface area contributed by atoms with Gasteiger partial charge in [-0.25, -0.2) is 0 Å². The molecule has 2 nitrogen and oxygen atoms in total. The second kappa shape index (κ2) is 5.29. The first-order valence-electron chi connectivity index (χ1n) is 6.78. The molecule has 3 rings (SSSR count). The number of thiophene rings is 1. The standard InChI is InChI=1S/C15H20N2S/c1-2-16-15(12-5-6-12)13-7-8-17(10-13)11-14-4-3-9-18-14/h3-4,7-10,12,15-16H,2,5-6,11H2,1H3. The van der Waals surface area contributed by atoms with Crippen LogP contribution in [0.25, 0.3) is 0 Å². The normalized spacial score (nSPS) is 16.9. The summed E-state index contributed by atoms with van der Waals surface area (Å²) in [6, 6.07) is 7.17. The van der Waals surface area contributed by atoms with E-state index in [1.165, 1.54) is 23.3 Å². The highest BCUT2D eigenvalue weighted by Crippen LogP contribution is 2.41. The Kier molecular flexibility index (Phi) is 3.52. The molecule has 1 N–H and O–H groups in total. The minimum Gasteiger partial charge on any atom is -0.349 e. The third kappa shape index (κ3) is 2.68. The maximum absolute atomic E-state index is 3.62. The van der Waals surface area contributed by atoms with Gasteiger partial charge in [-0.15, -0.1) is 11.3 Å². The van der Waals surface area contributed by atoms with E-state index >= 15 is 0 Å². The zero-order chi connectivity index (χ0) is 12.4. The molecule has 3 heteroatoms. The Labute approximate surface area is 113 Å². The first-order valence-corrected chi connectivity index (χ1v) is 7.66. The lowest BCUT2D eigenvalue weighted by Gasteiger charge is -2.15. The Morgan fingerprint density at radius 2 is 2.33 bits per heavy atom. The Bertz CT molecular complexity index is 482. The summed E-state index contributed by atoms with van der Waals surface area (Å²) in [6.07, 6.45) is 7.29. The number of nitrogens with one attached hydrogen (secondary N) is 1. The van der Waals surface area contributed by atoms with E-state index in [1.807, 2.05) is 11.3 Å². The van der Waals surface area contributed by atoms with Crippen LogP contribution in [0, 0.1) is 5.92 Å². The summed E-state index contributed by atoms with van der Waals surface area (Å²) in [6.45, 7) is 4.25. The molecule has 1 atom stereocenters. The number of nitrogens with zero attached hydrogens (tertiary/aromatic N) is 1. The Balaban J connectivity index is 1.71. The van der Waals surface area contributed by atoms with Gasteiger partial charge in [-0.1, -0.05) is 13.0 Å². The molecule has 1 aliphatic carbocycles. The fourth-order valence-corrected chi connectivity index (χ4v) is 3.24. The Morgan fingerprint density at radius 1 is 1.44 bits per heavy atom. The van der Waals surface area contributed by atoms with Gasteiger partial charge in [-0.2, -0.15) is 0 Å². The molecule has 0 aromatic carbocycles. The van der Waals surface area contributed by atoms with Crippen LogP contribution in [0.5, 0.6) is 0 Å². The van der Waals surface area contributed by atoms with Gasteiger partial charge in [0, 0.05) is 23.3 Å². The van der Waals surface area contributed by atoms with Crippen molar-refractivity contribution < 1.29 is 0 Å². The first-order chi connectivity index (χ1) is 8.86. The molecule has 0 radical (unpaired) electrons. The van der Waals surface area contributed by atoms with E-state index in [2.05, 4.69) is 52.8 Å². The lowest BCUT2D eigenvalue weighted by Crippen LogP contribution is -2.22. The molecule has 2 aromatic rings. The van der Waals surface area contributed by atoms with E-state index in [9.17, 15) is 0 Å². The minimum atomic E-state index is 0.569. The van der Waals surface area contributed by atoms with E-state index in [-0.39, 0.29) is 0 Å². The maximum atomic E-state index is 3.62. The molecular formula is C15H20N2S. The quantitative estimate of drug-likeness (QED) is 0.838. The van der Waals surface area contributed by atoms with Crippen LogP contribution in [0.15, 0.2) is 36.0 Å². The van der Waals surface area contributed by atoms with Crippen molar-refractivity contribution in [3.8, 4) is 0 Å². The van der Waals surface area contributed by atoms with Gasteiger partial charge in [0.2, 0.25) is 0 Å². The zero-order valence-electron chi connectivity index (χ0n) is 10.8. The molecule has 1 fully saturated rings. The highest BCUT2D eigenvalue weighted by molar-refractivity contribution is 7.09. The molecule has 0 saturated heterocycles. The van der Waals surface area contributed by atoms with Crippen LogP contribution in [-0.2, 0) is 6.54 Å². The topological polar surface area (TPSA) is 17.0 Å². The predicted molar refractivity (Wildman–Crippen MR) is 77.0 cm³/mol. The van der Waals surface area contributed by atoms with Crippen molar-refractivity contribution in [1.82, 2.24) is 9.88 Å². The van der Waals surface area contributed by atoms with Gasteiger partial charge in [0.25, 0.3) is 0 Å². The van der Waals surface area contributed by atoms with Crippen molar-refractivity contribution in [3.05, 3.63) is 46.4 Å². The molecule has 1 unspecified atom stereocenters. The van der Waals surface area contributed by atoms with E-state index < -0.39 is 0 Å². The van der Waals surface area contributed by atoms with Crippen LogP contribution in [-0.4, -0.2) is 11.1 Å². The fraction of sp³-hybridized carbons (Fsp3) is 0.467. The van der Waals surface area contributed by atoms with Crippen molar-refractivity contribution in [2.75, 3.05) is 6.54 Å². The summed E-state index contributed by atoms with van der Waals surface area (Å²) in [7, 11) is 0. The van der Waals surface area contributed by atoms with E-state index in [0.717, 1.165) is 19.0 Å². The van der Waals surface area contributed by atoms with Gasteiger partial charge >= 0.3 is 0 Å². The molecule has 96 valence electrons. The molecule has 2 aromatic heterocycles. The van der Waals surface area contributed by atoms with Crippen LogP contribution < -0.4 is 5.32 Å². The van der Waals surface area contributed by atoms with E-state index in [0.29, 0.717) is 6.04 Å². The van der Waals surface area contributed by atoms with Gasteiger partial charge in [-0.05, 0) is 48.4 Å². The van der Waals surface area contributed by atoms with Crippen molar-refractivity contribution in [1.29, 1.82) is 0 Å². The summed E-state index contributed by atoms with van der Waals surface area (Å²) in [4.78, 5) is 1.42. The monoisotopic (exact) mass is 260 g/mol. The van der Waals surface area contributed by atoms with Gasteiger partial charge in [0.1, 0.15) is 0 Å². The Hall–Kier alpha value is -1.06. The lowest BCUT2D eigenvalue weighted by molar-refractivity contribution is 0.495. The number of hydrogen-bond donors (Lipinski definition) is 1. The van der Waals surface area contributed by atoms with Gasteiger partial charge in [0.05, 0.1) is 6.54 Å². The molecular weight excluding hydrogens is 240 g/mol. The highest BCUT2D eigenvalue weighted by atomic mass is 32.1. The molecule has 0 bridgehead atoms. The number of rotatable bonds is 6. The third-order valence-corrected chi connectivity index (χ3v) is 4.43. The van der Waals surface area contributed by atoms with Gasteiger partial charge < -0.3 is 9.88 Å². The van der Waals surface area contributed by atoms with Crippen LogP contribution in [0.3, 0.4) is 0 Å². The van der Waals surface area contributed by atoms with Crippen molar-refractivity contribution in [3.63, 3.8) is 0 Å². The van der Waals surface area contributed by atoms with E-state index in [4.69, 9.17) is 0 Å². The summed E-state index contributed by atoms with van der Waals surface area (Å²) >= 11 is 1.83. The smallest absolute Gasteiger partial charge is 0.0563 e. The molecule has 18 heavy (non-hydrogen) atoms. The fourth-order valence-electron chi connectivity index (χ4n) is 2.53. The third-order valence-electron chi connectivity index (χ3n) is 3.57. The first kappa shape index (κ1) is 12.0. The average molecular weight is 260 g/mol. The van der Waals surface area contributed by atoms with Crippen LogP contribution in [0.4, 0.5) is 0 Å². The van der Waals surface area contributed by atoms with Gasteiger partial charge in [0.15, 0.2) is 0 Å².